The van der Waals surface area contributed by atoms with Crippen LogP contribution < -0.4 is 5.32 Å². The van der Waals surface area contributed by atoms with Gasteiger partial charge in [-0.2, -0.15) is 4.31 Å². The predicted molar refractivity (Wildman–Crippen MR) is 104 cm³/mol. The summed E-state index contributed by atoms with van der Waals surface area (Å²) in [5, 5.41) is 13.6. The van der Waals surface area contributed by atoms with Gasteiger partial charge >= 0.3 is 0 Å². The first-order valence-corrected chi connectivity index (χ1v) is 10.4. The van der Waals surface area contributed by atoms with E-state index in [4.69, 9.17) is 0 Å². The number of nitrogens with one attached hydrogen (secondary N) is 1. The number of hydrogen-bond acceptors (Lipinski definition) is 5. The number of hydrogen-bond donors (Lipinski definition) is 1. The Balaban J connectivity index is 1.75. The van der Waals surface area contributed by atoms with Crippen molar-refractivity contribution in [1.82, 2.24) is 4.31 Å². The number of sulfonamides is 1. The van der Waals surface area contributed by atoms with Crippen molar-refractivity contribution in [2.24, 2.45) is 5.92 Å². The maximum atomic E-state index is 13.1. The molecule has 0 radical (unpaired) electrons. The number of piperidine rings is 1. The summed E-state index contributed by atoms with van der Waals surface area (Å²) in [5.74, 6) is -1.53. The average molecular weight is 421 g/mol. The van der Waals surface area contributed by atoms with Crippen molar-refractivity contribution in [2.75, 3.05) is 18.4 Å². The summed E-state index contributed by atoms with van der Waals surface area (Å²) in [5.41, 5.74) is 0.841. The second-order valence-corrected chi connectivity index (χ2v) is 8.84. The fourth-order valence-corrected chi connectivity index (χ4v) is 4.75. The smallest absolute Gasteiger partial charge is 0.271 e. The third-order valence-corrected chi connectivity index (χ3v) is 6.78. The van der Waals surface area contributed by atoms with E-state index in [0.29, 0.717) is 24.1 Å². The maximum absolute atomic E-state index is 13.1. The number of rotatable bonds is 5. The lowest BCUT2D eigenvalue weighted by atomic mass is 9.98. The molecule has 1 saturated heterocycles. The molecule has 1 amide bonds. The summed E-state index contributed by atoms with van der Waals surface area (Å²) >= 11 is 0. The minimum absolute atomic E-state index is 0.0144. The number of carbonyl (C=O) groups excluding carboxylic acids is 1. The first-order valence-electron chi connectivity index (χ1n) is 9.00. The molecule has 10 heteroatoms. The van der Waals surface area contributed by atoms with E-state index in [1.165, 1.54) is 28.6 Å². The number of non-ortho nitro benzene ring substituents is 1. The van der Waals surface area contributed by atoms with Crippen LogP contribution in [-0.4, -0.2) is 36.6 Å². The number of carbonyl (C=O) groups is 1. The first-order chi connectivity index (χ1) is 13.7. The minimum Gasteiger partial charge on any atom is -0.325 e. The molecule has 1 N–H and O–H groups in total. The molecule has 154 valence electrons. The van der Waals surface area contributed by atoms with Crippen molar-refractivity contribution in [3.63, 3.8) is 0 Å². The highest BCUT2D eigenvalue weighted by Crippen LogP contribution is 2.27. The van der Waals surface area contributed by atoms with Crippen molar-refractivity contribution < 1.29 is 22.5 Å². The molecule has 8 nitrogen and oxygen atoms in total. The van der Waals surface area contributed by atoms with Gasteiger partial charge in [0.15, 0.2) is 0 Å². The van der Waals surface area contributed by atoms with E-state index in [9.17, 15) is 27.7 Å². The fourth-order valence-electron chi connectivity index (χ4n) is 3.22. The van der Waals surface area contributed by atoms with Crippen LogP contribution in [0.3, 0.4) is 0 Å². The van der Waals surface area contributed by atoms with E-state index in [0.717, 1.165) is 12.1 Å². The van der Waals surface area contributed by atoms with Crippen LogP contribution in [0.2, 0.25) is 0 Å². The van der Waals surface area contributed by atoms with E-state index in [2.05, 4.69) is 5.32 Å². The molecule has 0 bridgehead atoms. The van der Waals surface area contributed by atoms with Crippen molar-refractivity contribution in [2.45, 2.75) is 24.7 Å². The molecule has 1 atom stereocenters. The van der Waals surface area contributed by atoms with Gasteiger partial charge in [0.2, 0.25) is 15.9 Å². The van der Waals surface area contributed by atoms with Gasteiger partial charge < -0.3 is 5.32 Å². The number of benzene rings is 2. The largest absolute Gasteiger partial charge is 0.325 e. The average Bonchev–Trinajstić information content (AvgIpc) is 2.70. The van der Waals surface area contributed by atoms with Crippen LogP contribution in [-0.2, 0) is 14.8 Å². The van der Waals surface area contributed by atoms with Crippen LogP contribution in [0.4, 0.5) is 15.8 Å². The molecule has 1 heterocycles. The summed E-state index contributed by atoms with van der Waals surface area (Å²) in [6.07, 6.45) is 0.988. The second kappa shape index (κ2) is 8.26. The number of nitro groups is 1. The zero-order chi connectivity index (χ0) is 21.2. The van der Waals surface area contributed by atoms with Crippen LogP contribution in [0.25, 0.3) is 0 Å². The van der Waals surface area contributed by atoms with Crippen LogP contribution in [0.15, 0.2) is 47.4 Å². The Kier molecular flexibility index (Phi) is 5.94. The van der Waals surface area contributed by atoms with Gasteiger partial charge in [0, 0.05) is 25.2 Å². The highest BCUT2D eigenvalue weighted by atomic mass is 32.2. The maximum Gasteiger partial charge on any atom is 0.271 e. The van der Waals surface area contributed by atoms with E-state index < -0.39 is 32.6 Å². The summed E-state index contributed by atoms with van der Waals surface area (Å²) in [6, 6.07) is 8.71. The summed E-state index contributed by atoms with van der Waals surface area (Å²) in [6.45, 7) is 1.96. The third-order valence-electron chi connectivity index (χ3n) is 4.90. The third kappa shape index (κ3) is 4.60. The summed E-state index contributed by atoms with van der Waals surface area (Å²) < 4.78 is 39.9. The molecular weight excluding hydrogens is 401 g/mol. The van der Waals surface area contributed by atoms with E-state index in [1.807, 2.05) is 0 Å². The quantitative estimate of drug-likeness (QED) is 0.589. The Morgan fingerprint density at radius 1 is 1.24 bits per heavy atom. The Bertz CT molecular complexity index is 1040. The van der Waals surface area contributed by atoms with Gasteiger partial charge in [-0.3, -0.25) is 14.9 Å². The van der Waals surface area contributed by atoms with E-state index in [1.54, 1.807) is 13.0 Å². The van der Waals surface area contributed by atoms with Crippen molar-refractivity contribution in [3.05, 3.63) is 64.0 Å². The molecule has 0 saturated carbocycles. The second-order valence-electron chi connectivity index (χ2n) is 6.90. The van der Waals surface area contributed by atoms with Crippen LogP contribution in [0.5, 0.6) is 0 Å². The lowest BCUT2D eigenvalue weighted by Gasteiger charge is -2.31. The van der Waals surface area contributed by atoms with Gasteiger partial charge in [-0.05, 0) is 49.6 Å². The molecule has 0 unspecified atom stereocenters. The van der Waals surface area contributed by atoms with Gasteiger partial charge in [0.25, 0.3) is 5.69 Å². The van der Waals surface area contributed by atoms with Crippen LogP contribution in [0.1, 0.15) is 18.4 Å². The van der Waals surface area contributed by atoms with Gasteiger partial charge in [-0.1, -0.05) is 6.07 Å². The van der Waals surface area contributed by atoms with Crippen molar-refractivity contribution >= 4 is 27.3 Å². The molecule has 3 rings (SSSR count). The zero-order valence-electron chi connectivity index (χ0n) is 15.7. The normalized spacial score (nSPS) is 17.7. The molecule has 1 aliphatic rings. The highest BCUT2D eigenvalue weighted by Gasteiger charge is 2.33. The molecule has 1 aliphatic heterocycles. The number of aryl methyl sites for hydroxylation is 1. The molecule has 2 aromatic carbocycles. The summed E-state index contributed by atoms with van der Waals surface area (Å²) in [7, 11) is -3.85. The van der Waals surface area contributed by atoms with Crippen molar-refractivity contribution in [3.8, 4) is 0 Å². The van der Waals surface area contributed by atoms with Crippen LogP contribution in [0, 0.1) is 28.8 Å². The molecule has 29 heavy (non-hydrogen) atoms. The van der Waals surface area contributed by atoms with Gasteiger partial charge in [-0.25, -0.2) is 12.8 Å². The number of anilines is 1. The fraction of sp³-hybridized carbons (Fsp3) is 0.316. The number of nitrogens with zero attached hydrogens (tertiary/aromatic N) is 2. The highest BCUT2D eigenvalue weighted by molar-refractivity contribution is 7.89. The Morgan fingerprint density at radius 3 is 2.59 bits per heavy atom. The first kappa shape index (κ1) is 20.9. The Hall–Kier alpha value is -2.85. The van der Waals surface area contributed by atoms with Gasteiger partial charge in [0.05, 0.1) is 21.4 Å². The molecular formula is C19H20FN3O5S. The Labute approximate surface area is 167 Å². The summed E-state index contributed by atoms with van der Waals surface area (Å²) in [4.78, 5) is 23.1. The van der Waals surface area contributed by atoms with E-state index in [-0.39, 0.29) is 23.7 Å². The van der Waals surface area contributed by atoms with E-state index >= 15 is 0 Å². The molecule has 0 aliphatic carbocycles. The molecule has 0 spiro atoms. The molecule has 0 aromatic heterocycles. The number of amides is 1. The Morgan fingerprint density at radius 2 is 1.93 bits per heavy atom. The standard InChI is InChI=1S/C19H20FN3O5S/c1-13-4-7-16(23(25)26)11-18(13)21-19(24)14-3-2-10-22(12-14)29(27,28)17-8-5-15(20)6-9-17/h4-9,11,14H,2-3,10,12H2,1H3,(H,21,24)/t14-/m1/s1. The van der Waals surface area contributed by atoms with Crippen LogP contribution >= 0.6 is 0 Å². The predicted octanol–water partition coefficient (Wildman–Crippen LogP) is 3.08. The van der Waals surface area contributed by atoms with Gasteiger partial charge in [0.1, 0.15) is 5.82 Å². The van der Waals surface area contributed by atoms with Crippen molar-refractivity contribution in [1.29, 1.82) is 0 Å². The molecule has 2 aromatic rings. The SMILES string of the molecule is Cc1ccc([N+](=O)[O-])cc1NC(=O)[C@@H]1CCCN(S(=O)(=O)c2ccc(F)cc2)C1. The lowest BCUT2D eigenvalue weighted by Crippen LogP contribution is -2.43. The number of halogens is 1. The number of nitro benzene ring substituents is 1. The minimum atomic E-state index is -3.85. The molecule has 1 fully saturated rings. The van der Waals surface area contributed by atoms with Gasteiger partial charge in [-0.15, -0.1) is 0 Å². The lowest BCUT2D eigenvalue weighted by molar-refractivity contribution is -0.384. The monoisotopic (exact) mass is 421 g/mol. The zero-order valence-corrected chi connectivity index (χ0v) is 16.5. The topological polar surface area (TPSA) is 110 Å².